The SMILES string of the molecule is CN1CCc2c(sc3ncn4nc(COc5ccc6ccccc6c5)nc4c23)C1. The highest BCUT2D eigenvalue weighted by molar-refractivity contribution is 7.19. The summed E-state index contributed by atoms with van der Waals surface area (Å²) in [5.41, 5.74) is 2.27. The number of thiophene rings is 1. The van der Waals surface area contributed by atoms with Gasteiger partial charge in [-0.05, 0) is 41.9 Å². The summed E-state index contributed by atoms with van der Waals surface area (Å²) in [7, 11) is 2.16. The molecule has 0 bridgehead atoms. The first-order valence-electron chi connectivity index (χ1n) is 9.69. The van der Waals surface area contributed by atoms with Crippen molar-refractivity contribution in [2.45, 2.75) is 19.6 Å². The van der Waals surface area contributed by atoms with Crippen molar-refractivity contribution in [2.75, 3.05) is 13.6 Å². The van der Waals surface area contributed by atoms with E-state index in [2.05, 4.69) is 46.3 Å². The Bertz CT molecular complexity index is 1370. The lowest BCUT2D eigenvalue weighted by atomic mass is 10.1. The van der Waals surface area contributed by atoms with Crippen molar-refractivity contribution in [3.05, 3.63) is 65.1 Å². The monoisotopic (exact) mass is 401 g/mol. The smallest absolute Gasteiger partial charge is 0.189 e. The van der Waals surface area contributed by atoms with E-state index in [4.69, 9.17) is 9.72 Å². The van der Waals surface area contributed by atoms with Crippen LogP contribution in [-0.4, -0.2) is 38.1 Å². The highest BCUT2D eigenvalue weighted by Crippen LogP contribution is 2.35. The third-order valence-electron chi connectivity index (χ3n) is 5.50. The number of benzene rings is 2. The molecule has 1 aliphatic heterocycles. The van der Waals surface area contributed by atoms with E-state index in [-0.39, 0.29) is 0 Å². The molecule has 7 heteroatoms. The van der Waals surface area contributed by atoms with Gasteiger partial charge in [0.25, 0.3) is 0 Å². The minimum absolute atomic E-state index is 0.330. The average molecular weight is 401 g/mol. The van der Waals surface area contributed by atoms with E-state index in [0.717, 1.165) is 46.5 Å². The molecule has 0 amide bonds. The molecule has 0 N–H and O–H groups in total. The summed E-state index contributed by atoms with van der Waals surface area (Å²) in [6.07, 6.45) is 2.79. The second-order valence-corrected chi connectivity index (χ2v) is 8.59. The first kappa shape index (κ1) is 16.9. The molecule has 1 aliphatic rings. The minimum Gasteiger partial charge on any atom is -0.486 e. The maximum absolute atomic E-state index is 5.99. The van der Waals surface area contributed by atoms with Crippen molar-refractivity contribution in [2.24, 2.45) is 0 Å². The van der Waals surface area contributed by atoms with Gasteiger partial charge < -0.3 is 9.64 Å². The molecule has 144 valence electrons. The molecule has 0 saturated carbocycles. The lowest BCUT2D eigenvalue weighted by Gasteiger charge is -2.21. The average Bonchev–Trinajstić information content (AvgIpc) is 3.32. The van der Waals surface area contributed by atoms with Crippen molar-refractivity contribution in [3.63, 3.8) is 0 Å². The molecule has 29 heavy (non-hydrogen) atoms. The Balaban J connectivity index is 1.34. The van der Waals surface area contributed by atoms with Crippen LogP contribution in [0.2, 0.25) is 0 Å². The van der Waals surface area contributed by atoms with Crippen molar-refractivity contribution in [1.82, 2.24) is 24.5 Å². The van der Waals surface area contributed by atoms with Gasteiger partial charge in [-0.15, -0.1) is 16.4 Å². The summed E-state index contributed by atoms with van der Waals surface area (Å²) in [5.74, 6) is 1.49. The summed E-state index contributed by atoms with van der Waals surface area (Å²) in [6.45, 7) is 2.37. The lowest BCUT2D eigenvalue weighted by Crippen LogP contribution is -2.25. The third-order valence-corrected chi connectivity index (χ3v) is 6.63. The second-order valence-electron chi connectivity index (χ2n) is 7.51. The summed E-state index contributed by atoms with van der Waals surface area (Å²) in [6, 6.07) is 14.4. The maximum Gasteiger partial charge on any atom is 0.189 e. The van der Waals surface area contributed by atoms with Gasteiger partial charge in [0.1, 0.15) is 23.5 Å². The third kappa shape index (κ3) is 2.85. The lowest BCUT2D eigenvalue weighted by molar-refractivity contribution is 0.296. The number of aromatic nitrogens is 4. The number of rotatable bonds is 3. The maximum atomic E-state index is 5.99. The van der Waals surface area contributed by atoms with Crippen LogP contribution >= 0.6 is 11.3 Å². The van der Waals surface area contributed by atoms with E-state index in [1.54, 1.807) is 22.2 Å². The molecule has 0 unspecified atom stereocenters. The Morgan fingerprint density at radius 1 is 1.14 bits per heavy atom. The van der Waals surface area contributed by atoms with Gasteiger partial charge in [-0.1, -0.05) is 30.3 Å². The number of likely N-dealkylation sites (N-methyl/N-ethyl adjacent to an activating group) is 1. The van der Waals surface area contributed by atoms with Crippen LogP contribution in [0, 0.1) is 0 Å². The number of ether oxygens (including phenoxy) is 1. The number of fused-ring (bicyclic) bond motifs is 6. The summed E-state index contributed by atoms with van der Waals surface area (Å²) >= 11 is 1.77. The largest absolute Gasteiger partial charge is 0.486 e. The van der Waals surface area contributed by atoms with E-state index < -0.39 is 0 Å². The predicted octanol–water partition coefficient (Wildman–Crippen LogP) is 4.06. The van der Waals surface area contributed by atoms with Crippen LogP contribution in [0.4, 0.5) is 0 Å². The highest BCUT2D eigenvalue weighted by Gasteiger charge is 2.22. The predicted molar refractivity (Wildman–Crippen MR) is 114 cm³/mol. The minimum atomic E-state index is 0.330. The van der Waals surface area contributed by atoms with Crippen molar-refractivity contribution in [3.8, 4) is 5.75 Å². The normalized spacial score (nSPS) is 14.7. The zero-order valence-corrected chi connectivity index (χ0v) is 16.8. The van der Waals surface area contributed by atoms with E-state index in [1.165, 1.54) is 15.8 Å². The quantitative estimate of drug-likeness (QED) is 0.456. The van der Waals surface area contributed by atoms with Crippen LogP contribution < -0.4 is 4.74 Å². The van der Waals surface area contributed by atoms with E-state index in [0.29, 0.717) is 12.4 Å². The van der Waals surface area contributed by atoms with E-state index in [1.807, 2.05) is 18.2 Å². The number of nitrogens with zero attached hydrogens (tertiary/aromatic N) is 5. The molecular weight excluding hydrogens is 382 g/mol. The number of hydrogen-bond donors (Lipinski definition) is 0. The van der Waals surface area contributed by atoms with Gasteiger partial charge in [-0.25, -0.2) is 14.5 Å². The Hall–Kier alpha value is -3.03. The number of hydrogen-bond acceptors (Lipinski definition) is 6. The Labute approximate surface area is 171 Å². The van der Waals surface area contributed by atoms with Crippen molar-refractivity contribution >= 4 is 38.0 Å². The zero-order valence-electron chi connectivity index (χ0n) is 16.0. The molecule has 4 heterocycles. The fraction of sp³-hybridized carbons (Fsp3) is 0.227. The first-order chi connectivity index (χ1) is 14.2. The van der Waals surface area contributed by atoms with Crippen LogP contribution in [0.15, 0.2) is 48.8 Å². The standard InChI is InChI=1S/C22H19N5OS/c1-26-9-8-17-18(11-26)29-22-20(17)21-24-19(25-27(21)13-23-22)12-28-16-7-6-14-4-2-3-5-15(14)10-16/h2-7,10,13H,8-9,11-12H2,1H3. The van der Waals surface area contributed by atoms with Gasteiger partial charge in [0.2, 0.25) is 0 Å². The highest BCUT2D eigenvalue weighted by atomic mass is 32.1. The molecule has 6 nitrogen and oxygen atoms in total. The van der Waals surface area contributed by atoms with E-state index in [9.17, 15) is 0 Å². The van der Waals surface area contributed by atoms with E-state index >= 15 is 0 Å². The molecule has 0 saturated heterocycles. The van der Waals surface area contributed by atoms with Gasteiger partial charge in [0.15, 0.2) is 11.5 Å². The molecule has 6 rings (SSSR count). The summed E-state index contributed by atoms with van der Waals surface area (Å²) in [4.78, 5) is 14.2. The molecule has 0 atom stereocenters. The van der Waals surface area contributed by atoms with Crippen LogP contribution in [0.1, 0.15) is 16.3 Å². The molecule has 0 spiro atoms. The molecular formula is C22H19N5OS. The van der Waals surface area contributed by atoms with Gasteiger partial charge in [0.05, 0.1) is 5.39 Å². The summed E-state index contributed by atoms with van der Waals surface area (Å²) < 4.78 is 7.77. The van der Waals surface area contributed by atoms with Crippen LogP contribution in [0.5, 0.6) is 5.75 Å². The van der Waals surface area contributed by atoms with Crippen LogP contribution in [0.25, 0.3) is 26.6 Å². The fourth-order valence-corrected chi connectivity index (χ4v) is 5.29. The Morgan fingerprint density at radius 2 is 2.03 bits per heavy atom. The Kier molecular flexibility index (Phi) is 3.79. The topological polar surface area (TPSA) is 55.6 Å². The molecule has 2 aromatic carbocycles. The fourth-order valence-electron chi connectivity index (χ4n) is 4.03. The second kappa shape index (κ2) is 6.50. The Morgan fingerprint density at radius 3 is 2.97 bits per heavy atom. The summed E-state index contributed by atoms with van der Waals surface area (Å²) in [5, 5.41) is 8.12. The van der Waals surface area contributed by atoms with Gasteiger partial charge in [-0.2, -0.15) is 0 Å². The van der Waals surface area contributed by atoms with Crippen molar-refractivity contribution < 1.29 is 4.74 Å². The molecule has 0 fully saturated rings. The van der Waals surface area contributed by atoms with Crippen LogP contribution in [0.3, 0.4) is 0 Å². The van der Waals surface area contributed by atoms with Crippen molar-refractivity contribution in [1.29, 1.82) is 0 Å². The first-order valence-corrected chi connectivity index (χ1v) is 10.5. The van der Waals surface area contributed by atoms with Gasteiger partial charge in [-0.3, -0.25) is 0 Å². The van der Waals surface area contributed by atoms with Crippen LogP contribution in [-0.2, 0) is 19.6 Å². The zero-order chi connectivity index (χ0) is 19.4. The molecule has 0 radical (unpaired) electrons. The van der Waals surface area contributed by atoms with Gasteiger partial charge >= 0.3 is 0 Å². The van der Waals surface area contributed by atoms with Gasteiger partial charge in [0, 0.05) is 18.0 Å². The molecule has 0 aliphatic carbocycles. The molecule has 5 aromatic rings. The molecule has 3 aromatic heterocycles.